The molecule has 0 amide bonds. The molecule has 5 heteroatoms. The van der Waals surface area contributed by atoms with E-state index in [0.717, 1.165) is 38.9 Å². The molecule has 0 spiro atoms. The van der Waals surface area contributed by atoms with Crippen molar-refractivity contribution in [2.45, 2.75) is 38.1 Å². The highest BCUT2D eigenvalue weighted by atomic mass is 79.9. The van der Waals surface area contributed by atoms with Gasteiger partial charge in [-0.3, -0.25) is 0 Å². The van der Waals surface area contributed by atoms with Crippen LogP contribution in [0.4, 0.5) is 5.69 Å². The van der Waals surface area contributed by atoms with Gasteiger partial charge in [0.25, 0.3) is 0 Å². The van der Waals surface area contributed by atoms with Gasteiger partial charge in [0.1, 0.15) is 0 Å². The third-order valence-corrected chi connectivity index (χ3v) is 7.15. The van der Waals surface area contributed by atoms with Crippen LogP contribution in [0.15, 0.2) is 22.7 Å². The molecule has 0 saturated heterocycles. The van der Waals surface area contributed by atoms with Crippen LogP contribution in [0.2, 0.25) is 5.02 Å². The number of hydrogen-bond donors (Lipinski definition) is 2. The molecule has 1 aromatic rings. The topological polar surface area (TPSA) is 24.1 Å². The third-order valence-electron chi connectivity index (χ3n) is 5.70. The lowest BCUT2D eigenvalue weighted by Gasteiger charge is -2.54. The number of nitrogens with one attached hydrogen (secondary N) is 2. The number of hydrogen-bond acceptors (Lipinski definition) is 1. The molecule has 1 aromatic carbocycles. The van der Waals surface area contributed by atoms with Crippen molar-refractivity contribution in [1.29, 1.82) is 0 Å². The Bertz CT molecular complexity index is 578. The second kappa shape index (κ2) is 5.95. The molecule has 118 valence electrons. The van der Waals surface area contributed by atoms with Gasteiger partial charge in [-0.15, -0.1) is 0 Å². The molecule has 0 aromatic heterocycles. The van der Waals surface area contributed by atoms with Crippen LogP contribution in [-0.2, 0) is 0 Å². The van der Waals surface area contributed by atoms with Crippen LogP contribution >= 0.6 is 39.7 Å². The summed E-state index contributed by atoms with van der Waals surface area (Å²) in [5, 5.41) is 8.32. The fourth-order valence-electron chi connectivity index (χ4n) is 5.05. The lowest BCUT2D eigenvalue weighted by atomic mass is 9.54. The summed E-state index contributed by atoms with van der Waals surface area (Å²) in [4.78, 5) is 0. The monoisotopic (exact) mass is 398 g/mol. The molecule has 22 heavy (non-hydrogen) atoms. The smallest absolute Gasteiger partial charge is 0.171 e. The Labute approximate surface area is 150 Å². The van der Waals surface area contributed by atoms with Gasteiger partial charge < -0.3 is 10.6 Å². The third kappa shape index (κ3) is 2.90. The summed E-state index contributed by atoms with van der Waals surface area (Å²) < 4.78 is 0.902. The van der Waals surface area contributed by atoms with Gasteiger partial charge >= 0.3 is 0 Å². The number of benzene rings is 1. The standard InChI is InChI=1S/C17H20BrClN2S/c18-14-2-1-13(8-15(14)19)20-17(22)21-16-11-4-9-3-10(6-11)7-12(16)5-9/h1-2,8-12,16H,3-7H2,(H2,20,21,22). The van der Waals surface area contributed by atoms with Crippen LogP contribution in [0, 0.1) is 23.7 Å². The normalized spacial score (nSPS) is 35.5. The Kier molecular flexibility index (Phi) is 4.12. The maximum absolute atomic E-state index is 6.14. The Hall–Kier alpha value is -0.320. The van der Waals surface area contributed by atoms with E-state index in [0.29, 0.717) is 11.1 Å². The lowest BCUT2D eigenvalue weighted by molar-refractivity contribution is -0.00665. The number of thiocarbonyl (C=S) groups is 1. The van der Waals surface area contributed by atoms with E-state index >= 15 is 0 Å². The van der Waals surface area contributed by atoms with E-state index in [1.807, 2.05) is 18.2 Å². The fraction of sp³-hybridized carbons (Fsp3) is 0.588. The van der Waals surface area contributed by atoms with Gasteiger partial charge in [-0.2, -0.15) is 0 Å². The minimum absolute atomic E-state index is 0.568. The van der Waals surface area contributed by atoms with Crippen LogP contribution in [0.1, 0.15) is 32.1 Å². The first-order chi connectivity index (χ1) is 10.6. The fourth-order valence-corrected chi connectivity index (χ4v) is 5.73. The first kappa shape index (κ1) is 15.2. The summed E-state index contributed by atoms with van der Waals surface area (Å²) in [7, 11) is 0. The predicted octanol–water partition coefficient (Wildman–Crippen LogP) is 5.21. The van der Waals surface area contributed by atoms with Gasteiger partial charge in [-0.1, -0.05) is 11.6 Å². The van der Waals surface area contributed by atoms with Crippen molar-refractivity contribution in [2.24, 2.45) is 23.7 Å². The van der Waals surface area contributed by atoms with E-state index in [9.17, 15) is 0 Å². The summed E-state index contributed by atoms with van der Waals surface area (Å²) >= 11 is 15.1. The van der Waals surface area contributed by atoms with Gasteiger partial charge in [0, 0.05) is 16.2 Å². The number of rotatable bonds is 2. The minimum atomic E-state index is 0.568. The lowest BCUT2D eigenvalue weighted by Crippen LogP contribution is -2.56. The van der Waals surface area contributed by atoms with E-state index < -0.39 is 0 Å². The van der Waals surface area contributed by atoms with Crippen molar-refractivity contribution in [3.8, 4) is 0 Å². The molecule has 4 bridgehead atoms. The quantitative estimate of drug-likeness (QED) is 0.667. The molecule has 0 unspecified atom stereocenters. The molecule has 5 rings (SSSR count). The van der Waals surface area contributed by atoms with Crippen LogP contribution in [0.25, 0.3) is 0 Å². The Morgan fingerprint density at radius 3 is 2.32 bits per heavy atom. The summed E-state index contributed by atoms with van der Waals surface area (Å²) in [6.07, 6.45) is 7.09. The second-order valence-electron chi connectivity index (χ2n) is 7.18. The highest BCUT2D eigenvalue weighted by molar-refractivity contribution is 9.10. The van der Waals surface area contributed by atoms with Gasteiger partial charge in [-0.05, 0) is 102 Å². The van der Waals surface area contributed by atoms with Crippen LogP contribution in [0.5, 0.6) is 0 Å². The van der Waals surface area contributed by atoms with Crippen molar-refractivity contribution in [1.82, 2.24) is 5.32 Å². The molecule has 0 atom stereocenters. The average Bonchev–Trinajstić information content (AvgIpc) is 2.46. The van der Waals surface area contributed by atoms with Gasteiger partial charge in [0.15, 0.2) is 5.11 Å². The summed E-state index contributed by atoms with van der Waals surface area (Å²) in [6.45, 7) is 0. The Balaban J connectivity index is 1.41. The SMILES string of the molecule is S=C(Nc1ccc(Br)c(Cl)c1)NC1C2CC3CC(C2)CC1C3. The van der Waals surface area contributed by atoms with Gasteiger partial charge in [-0.25, -0.2) is 0 Å². The zero-order valence-electron chi connectivity index (χ0n) is 12.3. The van der Waals surface area contributed by atoms with Crippen LogP contribution in [0.3, 0.4) is 0 Å². The molecule has 4 aliphatic carbocycles. The number of halogens is 2. The van der Waals surface area contributed by atoms with E-state index in [-0.39, 0.29) is 0 Å². The van der Waals surface area contributed by atoms with Crippen molar-refractivity contribution in [2.75, 3.05) is 5.32 Å². The summed E-state index contributed by atoms with van der Waals surface area (Å²) in [5.74, 6) is 3.63. The molecule has 0 heterocycles. The Morgan fingerprint density at radius 1 is 1.09 bits per heavy atom. The van der Waals surface area contributed by atoms with Crippen molar-refractivity contribution < 1.29 is 0 Å². The van der Waals surface area contributed by atoms with E-state index in [4.69, 9.17) is 23.8 Å². The van der Waals surface area contributed by atoms with Crippen LogP contribution < -0.4 is 10.6 Å². The molecule has 4 fully saturated rings. The average molecular weight is 400 g/mol. The van der Waals surface area contributed by atoms with E-state index in [2.05, 4.69) is 26.6 Å². The minimum Gasteiger partial charge on any atom is -0.359 e. The van der Waals surface area contributed by atoms with Gasteiger partial charge in [0.2, 0.25) is 0 Å². The maximum atomic E-state index is 6.14. The zero-order valence-corrected chi connectivity index (χ0v) is 15.5. The molecule has 4 saturated carbocycles. The first-order valence-electron chi connectivity index (χ1n) is 8.11. The van der Waals surface area contributed by atoms with Crippen molar-refractivity contribution >= 4 is 50.5 Å². The summed E-state index contributed by atoms with van der Waals surface area (Å²) in [5.41, 5.74) is 0.939. The zero-order chi connectivity index (χ0) is 15.3. The Morgan fingerprint density at radius 2 is 1.73 bits per heavy atom. The van der Waals surface area contributed by atoms with Gasteiger partial charge in [0.05, 0.1) is 5.02 Å². The molecular weight excluding hydrogens is 380 g/mol. The molecule has 4 aliphatic rings. The molecule has 2 nitrogen and oxygen atoms in total. The van der Waals surface area contributed by atoms with Crippen LogP contribution in [-0.4, -0.2) is 11.2 Å². The van der Waals surface area contributed by atoms with E-state index in [1.54, 1.807) is 0 Å². The highest BCUT2D eigenvalue weighted by Gasteiger charge is 2.48. The summed E-state index contributed by atoms with van der Waals surface area (Å²) in [6, 6.07) is 6.40. The first-order valence-corrected chi connectivity index (χ1v) is 9.69. The van der Waals surface area contributed by atoms with E-state index in [1.165, 1.54) is 32.1 Å². The number of anilines is 1. The highest BCUT2D eigenvalue weighted by Crippen LogP contribution is 2.53. The maximum Gasteiger partial charge on any atom is 0.171 e. The molecule has 0 radical (unpaired) electrons. The van der Waals surface area contributed by atoms with Crippen molar-refractivity contribution in [3.05, 3.63) is 27.7 Å². The van der Waals surface area contributed by atoms with Crippen molar-refractivity contribution in [3.63, 3.8) is 0 Å². The molecule has 2 N–H and O–H groups in total. The predicted molar refractivity (Wildman–Crippen MR) is 99.3 cm³/mol. The largest absolute Gasteiger partial charge is 0.359 e. The second-order valence-corrected chi connectivity index (χ2v) is 8.85. The molecule has 0 aliphatic heterocycles. The molecular formula is C17H20BrClN2S.